The predicted octanol–water partition coefficient (Wildman–Crippen LogP) is 0.891. The fourth-order valence-electron chi connectivity index (χ4n) is 2.70. The van der Waals surface area contributed by atoms with E-state index in [4.69, 9.17) is 0 Å². The number of benzene rings is 1. The van der Waals surface area contributed by atoms with Gasteiger partial charge in [-0.1, -0.05) is 30.3 Å². The molecule has 7 heteroatoms. The Morgan fingerprint density at radius 2 is 1.80 bits per heavy atom. The number of amides is 3. The van der Waals surface area contributed by atoms with Gasteiger partial charge in [0.25, 0.3) is 5.91 Å². The lowest BCUT2D eigenvalue weighted by Gasteiger charge is -2.16. The van der Waals surface area contributed by atoms with Crippen LogP contribution in [0.5, 0.6) is 0 Å². The lowest BCUT2D eigenvalue weighted by molar-refractivity contribution is -0.129. The zero-order valence-electron chi connectivity index (χ0n) is 13.5. The zero-order chi connectivity index (χ0) is 17.6. The van der Waals surface area contributed by atoms with Gasteiger partial charge in [-0.25, -0.2) is 0 Å². The first kappa shape index (κ1) is 16.6. The van der Waals surface area contributed by atoms with E-state index in [1.54, 1.807) is 17.0 Å². The first-order chi connectivity index (χ1) is 12.1. The number of nitrogens with zero attached hydrogens (tertiary/aromatic N) is 2. The van der Waals surface area contributed by atoms with E-state index in [0.29, 0.717) is 18.7 Å². The summed E-state index contributed by atoms with van der Waals surface area (Å²) in [5.41, 5.74) is 6.16. The van der Waals surface area contributed by atoms with E-state index in [-0.39, 0.29) is 18.2 Å². The van der Waals surface area contributed by atoms with E-state index in [1.807, 2.05) is 30.3 Å². The Morgan fingerprint density at radius 1 is 1.08 bits per heavy atom. The van der Waals surface area contributed by atoms with E-state index in [2.05, 4.69) is 15.8 Å². The zero-order valence-corrected chi connectivity index (χ0v) is 13.5. The van der Waals surface area contributed by atoms with E-state index < -0.39 is 11.8 Å². The smallest absolute Gasteiger partial charge is 0.269 e. The lowest BCUT2D eigenvalue weighted by atomic mass is 10.1. The average molecular weight is 338 g/mol. The number of hydrazine groups is 1. The fraction of sp³-hybridized carbons (Fsp3) is 0.222. The third kappa shape index (κ3) is 4.20. The standard InChI is InChI=1S/C18H18N4O3/c23-16-10-15(12-22(16)11-13-4-2-1-3-5-13)18(25)21-20-17(24)14-6-8-19-9-7-14/h1-9,15H,10-12H2,(H,20,24)(H,21,25). The summed E-state index contributed by atoms with van der Waals surface area (Å²) < 4.78 is 0. The maximum absolute atomic E-state index is 12.2. The summed E-state index contributed by atoms with van der Waals surface area (Å²) in [5, 5.41) is 0. The Bertz CT molecular complexity index is 764. The molecule has 2 N–H and O–H groups in total. The summed E-state index contributed by atoms with van der Waals surface area (Å²) in [6, 6.07) is 12.7. The first-order valence-corrected chi connectivity index (χ1v) is 7.95. The van der Waals surface area contributed by atoms with Crippen molar-refractivity contribution in [1.29, 1.82) is 0 Å². The first-order valence-electron chi connectivity index (χ1n) is 7.95. The number of nitrogens with one attached hydrogen (secondary N) is 2. The van der Waals surface area contributed by atoms with Crippen LogP contribution in [-0.4, -0.2) is 34.2 Å². The summed E-state index contributed by atoms with van der Waals surface area (Å²) in [6.45, 7) is 0.817. The molecule has 128 valence electrons. The topological polar surface area (TPSA) is 91.4 Å². The molecule has 1 fully saturated rings. The Balaban J connectivity index is 1.51. The fourth-order valence-corrected chi connectivity index (χ4v) is 2.70. The van der Waals surface area contributed by atoms with Crippen LogP contribution in [0.4, 0.5) is 0 Å². The highest BCUT2D eigenvalue weighted by Crippen LogP contribution is 2.20. The molecule has 1 saturated heterocycles. The lowest BCUT2D eigenvalue weighted by Crippen LogP contribution is -2.45. The Hall–Kier alpha value is -3.22. The Morgan fingerprint density at radius 3 is 2.52 bits per heavy atom. The van der Waals surface area contributed by atoms with Crippen molar-refractivity contribution in [3.63, 3.8) is 0 Å². The molecule has 0 spiro atoms. The molecule has 1 atom stereocenters. The molecular formula is C18H18N4O3. The quantitative estimate of drug-likeness (QED) is 0.810. The van der Waals surface area contributed by atoms with Crippen LogP contribution in [0.25, 0.3) is 0 Å². The third-order valence-corrected chi connectivity index (χ3v) is 4.04. The number of likely N-dealkylation sites (tertiary alicyclic amines) is 1. The summed E-state index contributed by atoms with van der Waals surface area (Å²) >= 11 is 0. The second kappa shape index (κ2) is 7.57. The number of pyridine rings is 1. The van der Waals surface area contributed by atoms with E-state index in [1.165, 1.54) is 12.4 Å². The van der Waals surface area contributed by atoms with Gasteiger partial charge in [0.15, 0.2) is 0 Å². The van der Waals surface area contributed by atoms with Gasteiger partial charge in [-0.2, -0.15) is 0 Å². The largest absolute Gasteiger partial charge is 0.338 e. The number of carbonyl (C=O) groups excluding carboxylic acids is 3. The van der Waals surface area contributed by atoms with Gasteiger partial charge in [0.05, 0.1) is 5.92 Å². The molecule has 7 nitrogen and oxygen atoms in total. The highest BCUT2D eigenvalue weighted by molar-refractivity contribution is 5.96. The molecule has 25 heavy (non-hydrogen) atoms. The minimum Gasteiger partial charge on any atom is -0.338 e. The van der Waals surface area contributed by atoms with Crippen molar-refractivity contribution in [2.24, 2.45) is 5.92 Å². The molecule has 0 aliphatic carbocycles. The van der Waals surface area contributed by atoms with Crippen molar-refractivity contribution in [2.45, 2.75) is 13.0 Å². The molecule has 0 bridgehead atoms. The maximum atomic E-state index is 12.2. The highest BCUT2D eigenvalue weighted by Gasteiger charge is 2.34. The summed E-state index contributed by atoms with van der Waals surface area (Å²) in [4.78, 5) is 41.7. The van der Waals surface area contributed by atoms with Crippen LogP contribution in [0.3, 0.4) is 0 Å². The molecule has 2 aromatic rings. The SMILES string of the molecule is O=C(NNC(=O)C1CC(=O)N(Cc2ccccc2)C1)c1ccncc1. The second-order valence-corrected chi connectivity index (χ2v) is 5.84. The van der Waals surface area contributed by atoms with Gasteiger partial charge in [0, 0.05) is 37.5 Å². The number of carbonyl (C=O) groups is 3. The number of hydrogen-bond donors (Lipinski definition) is 2. The molecule has 1 aliphatic rings. The van der Waals surface area contributed by atoms with Crippen molar-refractivity contribution in [2.75, 3.05) is 6.54 Å². The van der Waals surface area contributed by atoms with Crippen LogP contribution >= 0.6 is 0 Å². The van der Waals surface area contributed by atoms with Crippen molar-refractivity contribution in [1.82, 2.24) is 20.7 Å². The molecular weight excluding hydrogens is 320 g/mol. The van der Waals surface area contributed by atoms with Crippen LogP contribution in [0.1, 0.15) is 22.3 Å². The van der Waals surface area contributed by atoms with Crippen LogP contribution in [0.2, 0.25) is 0 Å². The summed E-state index contributed by atoms with van der Waals surface area (Å²) in [7, 11) is 0. The molecule has 0 saturated carbocycles. The van der Waals surface area contributed by atoms with Gasteiger partial charge >= 0.3 is 0 Å². The minimum atomic E-state index is -0.478. The maximum Gasteiger partial charge on any atom is 0.269 e. The van der Waals surface area contributed by atoms with E-state index in [9.17, 15) is 14.4 Å². The molecule has 0 radical (unpaired) electrons. The second-order valence-electron chi connectivity index (χ2n) is 5.84. The van der Waals surface area contributed by atoms with Gasteiger partial charge in [-0.15, -0.1) is 0 Å². The molecule has 1 aromatic carbocycles. The predicted molar refractivity (Wildman–Crippen MR) is 89.8 cm³/mol. The molecule has 1 aromatic heterocycles. The van der Waals surface area contributed by atoms with E-state index >= 15 is 0 Å². The molecule has 2 heterocycles. The Labute approximate surface area is 145 Å². The van der Waals surface area contributed by atoms with Crippen LogP contribution in [0.15, 0.2) is 54.9 Å². The molecule has 1 aliphatic heterocycles. The average Bonchev–Trinajstić information content (AvgIpc) is 3.01. The molecule has 3 rings (SSSR count). The van der Waals surface area contributed by atoms with Crippen molar-refractivity contribution in [3.8, 4) is 0 Å². The number of aromatic nitrogens is 1. The van der Waals surface area contributed by atoms with Gasteiger partial charge in [-0.3, -0.25) is 30.2 Å². The van der Waals surface area contributed by atoms with Crippen molar-refractivity contribution in [3.05, 3.63) is 66.0 Å². The summed E-state index contributed by atoms with van der Waals surface area (Å²) in [6.07, 6.45) is 3.13. The highest BCUT2D eigenvalue weighted by atomic mass is 16.2. The molecule has 1 unspecified atom stereocenters. The normalized spacial score (nSPS) is 16.6. The van der Waals surface area contributed by atoms with Gasteiger partial charge in [0.2, 0.25) is 11.8 Å². The van der Waals surface area contributed by atoms with Gasteiger partial charge in [0.1, 0.15) is 0 Å². The summed E-state index contributed by atoms with van der Waals surface area (Å²) in [5.74, 6) is -1.34. The Kier molecular flexibility index (Phi) is 5.03. The van der Waals surface area contributed by atoms with Crippen LogP contribution in [-0.2, 0) is 16.1 Å². The van der Waals surface area contributed by atoms with Crippen molar-refractivity contribution >= 4 is 17.7 Å². The minimum absolute atomic E-state index is 0.0653. The van der Waals surface area contributed by atoms with Crippen molar-refractivity contribution < 1.29 is 14.4 Å². The van der Waals surface area contributed by atoms with E-state index in [0.717, 1.165) is 5.56 Å². The van der Waals surface area contributed by atoms with Crippen LogP contribution in [0, 0.1) is 5.92 Å². The van der Waals surface area contributed by atoms with Gasteiger partial charge < -0.3 is 4.90 Å². The number of hydrogen-bond acceptors (Lipinski definition) is 4. The van der Waals surface area contributed by atoms with Crippen LogP contribution < -0.4 is 10.9 Å². The number of rotatable bonds is 4. The monoisotopic (exact) mass is 338 g/mol. The third-order valence-electron chi connectivity index (χ3n) is 4.04. The van der Waals surface area contributed by atoms with Gasteiger partial charge in [-0.05, 0) is 17.7 Å². The molecule has 3 amide bonds.